The number of nitrogens with one attached hydrogen (secondary N) is 1. The molecule has 0 aromatic rings. The Morgan fingerprint density at radius 1 is 1.30 bits per heavy atom. The molecule has 2 fully saturated rings. The zero-order chi connectivity index (χ0) is 14.8. The van der Waals surface area contributed by atoms with E-state index >= 15 is 0 Å². The lowest BCUT2D eigenvalue weighted by atomic mass is 9.76. The summed E-state index contributed by atoms with van der Waals surface area (Å²) in [6.07, 6.45) is 6.68. The van der Waals surface area contributed by atoms with Gasteiger partial charge < -0.3 is 15.3 Å². The molecule has 1 heterocycles. The van der Waals surface area contributed by atoms with Gasteiger partial charge in [-0.25, -0.2) is 4.79 Å². The average Bonchev–Trinajstić information content (AvgIpc) is 2.79. The van der Waals surface area contributed by atoms with Gasteiger partial charge >= 0.3 is 12.0 Å². The van der Waals surface area contributed by atoms with E-state index in [1.165, 1.54) is 32.1 Å². The fourth-order valence-electron chi connectivity index (χ4n) is 3.53. The van der Waals surface area contributed by atoms with E-state index in [0.717, 1.165) is 0 Å². The molecule has 2 atom stereocenters. The van der Waals surface area contributed by atoms with Crippen LogP contribution in [0, 0.1) is 11.3 Å². The molecule has 2 amide bonds. The van der Waals surface area contributed by atoms with Gasteiger partial charge in [-0.1, -0.05) is 26.2 Å². The molecule has 2 N–H and O–H groups in total. The highest BCUT2D eigenvalue weighted by molar-refractivity contribution is 5.78. The molecule has 5 heteroatoms. The summed E-state index contributed by atoms with van der Waals surface area (Å²) in [6, 6.07) is -0.320. The molecule has 0 radical (unpaired) electrons. The third-order valence-corrected chi connectivity index (χ3v) is 5.06. The van der Waals surface area contributed by atoms with Crippen molar-refractivity contribution in [2.45, 2.75) is 58.4 Å². The van der Waals surface area contributed by atoms with Crippen molar-refractivity contribution < 1.29 is 14.7 Å². The Morgan fingerprint density at radius 3 is 2.50 bits per heavy atom. The van der Waals surface area contributed by atoms with Crippen LogP contribution >= 0.6 is 0 Å². The maximum atomic E-state index is 12.2. The Morgan fingerprint density at radius 2 is 1.95 bits per heavy atom. The summed E-state index contributed by atoms with van der Waals surface area (Å²) in [5.74, 6) is -1.22. The number of amides is 2. The van der Waals surface area contributed by atoms with Crippen LogP contribution in [0.1, 0.15) is 52.4 Å². The summed E-state index contributed by atoms with van der Waals surface area (Å²) >= 11 is 0. The molecule has 0 bridgehead atoms. The third-order valence-electron chi connectivity index (χ3n) is 5.06. The first kappa shape index (κ1) is 15.1. The quantitative estimate of drug-likeness (QED) is 0.835. The SMILES string of the molecule is CC1C(C(=O)O)CCN1C(=O)NCC1(C)CCCCC1. The first-order chi connectivity index (χ1) is 9.43. The second kappa shape index (κ2) is 6.02. The number of likely N-dealkylation sites (tertiary alicyclic amines) is 1. The van der Waals surface area contributed by atoms with E-state index in [1.807, 2.05) is 6.92 Å². The van der Waals surface area contributed by atoms with Crippen LogP contribution in [0.4, 0.5) is 4.79 Å². The van der Waals surface area contributed by atoms with Gasteiger partial charge in [0.25, 0.3) is 0 Å². The molecule has 2 rings (SSSR count). The molecule has 0 spiro atoms. The van der Waals surface area contributed by atoms with Crippen LogP contribution in [0.3, 0.4) is 0 Å². The standard InChI is InChI=1S/C15H26N2O3/c1-11-12(13(18)19)6-9-17(11)14(20)16-10-15(2)7-4-3-5-8-15/h11-12H,3-10H2,1-2H3,(H,16,20)(H,18,19). The van der Waals surface area contributed by atoms with Crippen molar-refractivity contribution in [1.29, 1.82) is 0 Å². The largest absolute Gasteiger partial charge is 0.481 e. The molecule has 1 saturated heterocycles. The van der Waals surface area contributed by atoms with Gasteiger partial charge in [-0.3, -0.25) is 4.79 Å². The van der Waals surface area contributed by atoms with Crippen molar-refractivity contribution in [2.75, 3.05) is 13.1 Å². The lowest BCUT2D eigenvalue weighted by Gasteiger charge is -2.34. The number of carboxylic acids is 1. The van der Waals surface area contributed by atoms with Crippen LogP contribution in [0.15, 0.2) is 0 Å². The van der Waals surface area contributed by atoms with Gasteiger partial charge in [-0.15, -0.1) is 0 Å². The van der Waals surface area contributed by atoms with Crippen LogP contribution in [0.5, 0.6) is 0 Å². The fourth-order valence-corrected chi connectivity index (χ4v) is 3.53. The Bertz CT molecular complexity index is 377. The van der Waals surface area contributed by atoms with Crippen molar-refractivity contribution in [1.82, 2.24) is 10.2 Å². The van der Waals surface area contributed by atoms with Gasteiger partial charge in [0.15, 0.2) is 0 Å². The van der Waals surface area contributed by atoms with E-state index in [4.69, 9.17) is 5.11 Å². The molecule has 0 aromatic heterocycles. The van der Waals surface area contributed by atoms with Crippen LogP contribution in [-0.2, 0) is 4.79 Å². The van der Waals surface area contributed by atoms with Crippen LogP contribution < -0.4 is 5.32 Å². The summed E-state index contributed by atoms with van der Waals surface area (Å²) in [4.78, 5) is 25.0. The molecule has 2 aliphatic rings. The maximum absolute atomic E-state index is 12.2. The highest BCUT2D eigenvalue weighted by atomic mass is 16.4. The summed E-state index contributed by atoms with van der Waals surface area (Å²) in [6.45, 7) is 5.31. The van der Waals surface area contributed by atoms with E-state index in [-0.39, 0.29) is 17.5 Å². The van der Waals surface area contributed by atoms with Crippen LogP contribution in [-0.4, -0.2) is 41.1 Å². The molecular weight excluding hydrogens is 256 g/mol. The number of carboxylic acid groups (broad SMARTS) is 1. The van der Waals surface area contributed by atoms with E-state index in [0.29, 0.717) is 19.5 Å². The van der Waals surface area contributed by atoms with Crippen molar-refractivity contribution in [3.8, 4) is 0 Å². The molecule has 114 valence electrons. The number of aliphatic carboxylic acids is 1. The van der Waals surface area contributed by atoms with Gasteiger partial charge in [-0.2, -0.15) is 0 Å². The van der Waals surface area contributed by atoms with E-state index in [9.17, 15) is 9.59 Å². The van der Waals surface area contributed by atoms with Crippen LogP contribution in [0.25, 0.3) is 0 Å². The number of hydrogen-bond acceptors (Lipinski definition) is 2. The van der Waals surface area contributed by atoms with Gasteiger partial charge in [0.1, 0.15) is 0 Å². The third kappa shape index (κ3) is 3.25. The van der Waals surface area contributed by atoms with Crippen molar-refractivity contribution in [2.24, 2.45) is 11.3 Å². The maximum Gasteiger partial charge on any atom is 0.317 e. The first-order valence-electron chi connectivity index (χ1n) is 7.70. The average molecular weight is 282 g/mol. The number of nitrogens with zero attached hydrogens (tertiary/aromatic N) is 1. The van der Waals surface area contributed by atoms with Crippen molar-refractivity contribution in [3.63, 3.8) is 0 Å². The van der Waals surface area contributed by atoms with Crippen LogP contribution in [0.2, 0.25) is 0 Å². The fraction of sp³-hybridized carbons (Fsp3) is 0.867. The zero-order valence-electron chi connectivity index (χ0n) is 12.5. The van der Waals surface area contributed by atoms with Crippen molar-refractivity contribution >= 4 is 12.0 Å². The Kier molecular flexibility index (Phi) is 4.55. The Balaban J connectivity index is 1.85. The number of hydrogen-bond donors (Lipinski definition) is 2. The molecule has 5 nitrogen and oxygen atoms in total. The number of carbonyl (C=O) groups is 2. The minimum absolute atomic E-state index is 0.104. The summed E-state index contributed by atoms with van der Waals surface area (Å²) in [5, 5.41) is 12.1. The lowest BCUT2D eigenvalue weighted by molar-refractivity contribution is -0.142. The second-order valence-corrected chi connectivity index (χ2v) is 6.70. The molecule has 0 aromatic carbocycles. The highest BCUT2D eigenvalue weighted by Crippen LogP contribution is 2.35. The Hall–Kier alpha value is -1.26. The zero-order valence-corrected chi connectivity index (χ0v) is 12.5. The predicted molar refractivity (Wildman–Crippen MR) is 76.5 cm³/mol. The highest BCUT2D eigenvalue weighted by Gasteiger charge is 2.38. The van der Waals surface area contributed by atoms with Gasteiger partial charge in [0.05, 0.1) is 5.92 Å². The predicted octanol–water partition coefficient (Wildman–Crippen LogP) is 2.46. The molecule has 20 heavy (non-hydrogen) atoms. The minimum atomic E-state index is -0.799. The van der Waals surface area contributed by atoms with E-state index in [2.05, 4.69) is 12.2 Å². The molecular formula is C15H26N2O3. The molecule has 1 saturated carbocycles. The molecule has 1 aliphatic heterocycles. The molecule has 2 unspecified atom stereocenters. The van der Waals surface area contributed by atoms with Crippen molar-refractivity contribution in [3.05, 3.63) is 0 Å². The summed E-state index contributed by atoms with van der Waals surface area (Å²) in [7, 11) is 0. The second-order valence-electron chi connectivity index (χ2n) is 6.70. The number of rotatable bonds is 3. The topological polar surface area (TPSA) is 69.6 Å². The first-order valence-corrected chi connectivity index (χ1v) is 7.70. The normalized spacial score (nSPS) is 29.2. The summed E-state index contributed by atoms with van der Waals surface area (Å²) in [5.41, 5.74) is 0.211. The Labute approximate surface area is 120 Å². The van der Waals surface area contributed by atoms with E-state index < -0.39 is 11.9 Å². The van der Waals surface area contributed by atoms with Gasteiger partial charge in [0, 0.05) is 19.1 Å². The minimum Gasteiger partial charge on any atom is -0.481 e. The monoisotopic (exact) mass is 282 g/mol. The lowest BCUT2D eigenvalue weighted by Crippen LogP contribution is -2.47. The number of urea groups is 1. The summed E-state index contributed by atoms with van der Waals surface area (Å²) < 4.78 is 0. The molecule has 1 aliphatic carbocycles. The number of carbonyl (C=O) groups excluding carboxylic acids is 1. The van der Waals surface area contributed by atoms with E-state index in [1.54, 1.807) is 4.90 Å². The van der Waals surface area contributed by atoms with Gasteiger partial charge in [-0.05, 0) is 31.6 Å². The van der Waals surface area contributed by atoms with Gasteiger partial charge in [0.2, 0.25) is 0 Å². The smallest absolute Gasteiger partial charge is 0.317 e.